The molecule has 3 rings (SSSR count). The van der Waals surface area contributed by atoms with Gasteiger partial charge in [0.15, 0.2) is 0 Å². The molecule has 0 bridgehead atoms. The summed E-state index contributed by atoms with van der Waals surface area (Å²) in [6.07, 6.45) is -1.41. The second-order valence-electron chi connectivity index (χ2n) is 5.27. The van der Waals surface area contributed by atoms with Crippen LogP contribution in [0.4, 0.5) is 13.2 Å². The number of halogens is 3. The van der Waals surface area contributed by atoms with Crippen molar-refractivity contribution in [1.82, 2.24) is 20.3 Å². The van der Waals surface area contributed by atoms with E-state index in [1.807, 2.05) is 0 Å². The second kappa shape index (κ2) is 5.66. The van der Waals surface area contributed by atoms with E-state index in [4.69, 9.17) is 0 Å². The van der Waals surface area contributed by atoms with Gasteiger partial charge in [0.2, 0.25) is 0 Å². The van der Waals surface area contributed by atoms with Crippen molar-refractivity contribution in [1.29, 1.82) is 0 Å². The highest BCUT2D eigenvalue weighted by Gasteiger charge is 2.34. The molecule has 7 heteroatoms. The first-order valence-electron chi connectivity index (χ1n) is 7.08. The third-order valence-corrected chi connectivity index (χ3v) is 3.89. The molecule has 0 radical (unpaired) electrons. The molecule has 1 unspecified atom stereocenters. The molecule has 2 N–H and O–H groups in total. The average Bonchev–Trinajstić information content (AvgIpc) is 3.01. The van der Waals surface area contributed by atoms with Gasteiger partial charge in [-0.05, 0) is 31.7 Å². The van der Waals surface area contributed by atoms with Gasteiger partial charge in [-0.25, -0.2) is 9.97 Å². The van der Waals surface area contributed by atoms with Crippen molar-refractivity contribution < 1.29 is 13.2 Å². The molecule has 2 aromatic heterocycles. The standard InChI is InChI=1S/C16H15F3N4/c1-9(20-2)11-4-3-10(7-13(11)16(17,18)19)14-12-5-6-21-15(12)23-8-22-14/h3-9,20H,1-2H3,(H,21,22,23). The largest absolute Gasteiger partial charge is 0.416 e. The van der Waals surface area contributed by atoms with Gasteiger partial charge < -0.3 is 10.3 Å². The molecule has 4 nitrogen and oxygen atoms in total. The number of aromatic amines is 1. The van der Waals surface area contributed by atoms with Gasteiger partial charge in [0.25, 0.3) is 0 Å². The van der Waals surface area contributed by atoms with Gasteiger partial charge in [-0.3, -0.25) is 0 Å². The molecule has 0 aliphatic carbocycles. The molecule has 0 saturated heterocycles. The molecular weight excluding hydrogens is 305 g/mol. The first-order chi connectivity index (χ1) is 10.9. The Hall–Kier alpha value is -2.41. The number of nitrogens with zero attached hydrogens (tertiary/aromatic N) is 2. The van der Waals surface area contributed by atoms with E-state index >= 15 is 0 Å². The third-order valence-electron chi connectivity index (χ3n) is 3.89. The van der Waals surface area contributed by atoms with Crippen LogP contribution in [0.3, 0.4) is 0 Å². The van der Waals surface area contributed by atoms with E-state index in [-0.39, 0.29) is 5.56 Å². The Morgan fingerprint density at radius 3 is 2.65 bits per heavy atom. The van der Waals surface area contributed by atoms with Crippen LogP contribution < -0.4 is 5.32 Å². The Morgan fingerprint density at radius 1 is 1.17 bits per heavy atom. The molecule has 1 aromatic carbocycles. The Bertz CT molecular complexity index is 839. The number of H-pyrrole nitrogens is 1. The molecule has 1 atom stereocenters. The zero-order valence-electron chi connectivity index (χ0n) is 12.6. The molecule has 120 valence electrons. The van der Waals surface area contributed by atoms with Crippen LogP contribution in [0.5, 0.6) is 0 Å². The molecule has 0 fully saturated rings. The van der Waals surface area contributed by atoms with Gasteiger partial charge in [0.05, 0.1) is 11.3 Å². The zero-order valence-corrected chi connectivity index (χ0v) is 12.6. The first kappa shape index (κ1) is 15.5. The van der Waals surface area contributed by atoms with Gasteiger partial charge in [-0.2, -0.15) is 13.2 Å². The monoisotopic (exact) mass is 320 g/mol. The quantitative estimate of drug-likeness (QED) is 0.769. The van der Waals surface area contributed by atoms with Crippen LogP contribution in [0.15, 0.2) is 36.8 Å². The maximum Gasteiger partial charge on any atom is 0.416 e. The van der Waals surface area contributed by atoms with Crippen molar-refractivity contribution in [2.24, 2.45) is 0 Å². The highest BCUT2D eigenvalue weighted by atomic mass is 19.4. The summed E-state index contributed by atoms with van der Waals surface area (Å²) in [6, 6.07) is 5.66. The van der Waals surface area contributed by atoms with Gasteiger partial charge in [-0.1, -0.05) is 12.1 Å². The van der Waals surface area contributed by atoms with E-state index in [1.54, 1.807) is 32.3 Å². The molecule has 2 heterocycles. The van der Waals surface area contributed by atoms with Gasteiger partial charge in [-0.15, -0.1) is 0 Å². The van der Waals surface area contributed by atoms with Crippen LogP contribution in [-0.2, 0) is 6.18 Å². The lowest BCUT2D eigenvalue weighted by Gasteiger charge is -2.19. The molecule has 0 saturated carbocycles. The fourth-order valence-corrected chi connectivity index (χ4v) is 2.58. The van der Waals surface area contributed by atoms with Crippen LogP contribution in [0, 0.1) is 0 Å². The smallest absolute Gasteiger partial charge is 0.346 e. The maximum absolute atomic E-state index is 13.4. The van der Waals surface area contributed by atoms with Crippen LogP contribution in [-0.4, -0.2) is 22.0 Å². The van der Waals surface area contributed by atoms with Crippen molar-refractivity contribution in [3.8, 4) is 11.3 Å². The van der Waals surface area contributed by atoms with E-state index in [9.17, 15) is 13.2 Å². The number of nitrogens with one attached hydrogen (secondary N) is 2. The summed E-state index contributed by atoms with van der Waals surface area (Å²) in [5.41, 5.74) is 1.04. The predicted molar refractivity (Wildman–Crippen MR) is 81.8 cm³/mol. The van der Waals surface area contributed by atoms with Gasteiger partial charge in [0.1, 0.15) is 12.0 Å². The van der Waals surface area contributed by atoms with Crippen LogP contribution in [0.25, 0.3) is 22.3 Å². The molecule has 0 aliphatic heterocycles. The topological polar surface area (TPSA) is 53.6 Å². The average molecular weight is 320 g/mol. The maximum atomic E-state index is 13.4. The Morgan fingerprint density at radius 2 is 1.96 bits per heavy atom. The summed E-state index contributed by atoms with van der Waals surface area (Å²) in [4.78, 5) is 11.1. The number of rotatable bonds is 3. The minimum absolute atomic E-state index is 0.211. The van der Waals surface area contributed by atoms with Crippen molar-refractivity contribution in [2.45, 2.75) is 19.1 Å². The summed E-state index contributed by atoms with van der Waals surface area (Å²) in [7, 11) is 1.63. The van der Waals surface area contributed by atoms with Gasteiger partial charge >= 0.3 is 6.18 Å². The van der Waals surface area contributed by atoms with Crippen molar-refractivity contribution in [3.63, 3.8) is 0 Å². The van der Waals surface area contributed by atoms with Gasteiger partial charge in [0, 0.05) is 23.2 Å². The number of hydrogen-bond donors (Lipinski definition) is 2. The van der Waals surface area contributed by atoms with Crippen molar-refractivity contribution in [3.05, 3.63) is 47.9 Å². The first-order valence-corrected chi connectivity index (χ1v) is 7.08. The molecule has 23 heavy (non-hydrogen) atoms. The number of aromatic nitrogens is 3. The Balaban J connectivity index is 2.20. The minimum atomic E-state index is -4.43. The van der Waals surface area contributed by atoms with E-state index in [1.165, 1.54) is 12.4 Å². The lowest BCUT2D eigenvalue weighted by atomic mass is 9.96. The fourth-order valence-electron chi connectivity index (χ4n) is 2.58. The predicted octanol–water partition coefficient (Wildman–Crippen LogP) is 3.92. The Kier molecular flexibility index (Phi) is 3.81. The number of benzene rings is 1. The summed E-state index contributed by atoms with van der Waals surface area (Å²) in [6.45, 7) is 1.69. The highest BCUT2D eigenvalue weighted by Crippen LogP contribution is 2.37. The van der Waals surface area contributed by atoms with E-state index in [0.717, 1.165) is 6.07 Å². The molecule has 3 aromatic rings. The lowest BCUT2D eigenvalue weighted by molar-refractivity contribution is -0.138. The molecule has 0 spiro atoms. The SMILES string of the molecule is CNC(C)c1ccc(-c2ncnc3[nH]ccc23)cc1C(F)(F)F. The van der Waals surface area contributed by atoms with E-state index in [0.29, 0.717) is 22.3 Å². The summed E-state index contributed by atoms with van der Waals surface area (Å²) < 4.78 is 40.3. The summed E-state index contributed by atoms with van der Waals surface area (Å²) in [5, 5.41) is 3.54. The normalized spacial score (nSPS) is 13.4. The number of hydrogen-bond acceptors (Lipinski definition) is 3. The van der Waals surface area contributed by atoms with E-state index in [2.05, 4.69) is 20.3 Å². The third kappa shape index (κ3) is 2.79. The number of alkyl halides is 3. The summed E-state index contributed by atoms with van der Waals surface area (Å²) in [5.74, 6) is 0. The highest BCUT2D eigenvalue weighted by molar-refractivity contribution is 5.90. The zero-order chi connectivity index (χ0) is 16.6. The van der Waals surface area contributed by atoms with Crippen molar-refractivity contribution in [2.75, 3.05) is 7.05 Å². The Labute approximate surface area is 130 Å². The molecule has 0 amide bonds. The minimum Gasteiger partial charge on any atom is -0.346 e. The van der Waals surface area contributed by atoms with Crippen LogP contribution >= 0.6 is 0 Å². The summed E-state index contributed by atoms with van der Waals surface area (Å²) >= 11 is 0. The fraction of sp³-hybridized carbons (Fsp3) is 0.250. The second-order valence-corrected chi connectivity index (χ2v) is 5.27. The number of fused-ring (bicyclic) bond motifs is 1. The van der Waals surface area contributed by atoms with E-state index < -0.39 is 17.8 Å². The van der Waals surface area contributed by atoms with Crippen LogP contribution in [0.2, 0.25) is 0 Å². The van der Waals surface area contributed by atoms with Crippen LogP contribution in [0.1, 0.15) is 24.1 Å². The lowest BCUT2D eigenvalue weighted by Crippen LogP contribution is -2.18. The molecular formula is C16H15F3N4. The molecule has 0 aliphatic rings. The van der Waals surface area contributed by atoms with Crippen molar-refractivity contribution >= 4 is 11.0 Å².